The maximum atomic E-state index is 12.4. The van der Waals surface area contributed by atoms with Crippen molar-refractivity contribution in [2.75, 3.05) is 0 Å². The van der Waals surface area contributed by atoms with Crippen molar-refractivity contribution in [2.24, 2.45) is 0 Å². The van der Waals surface area contributed by atoms with E-state index in [2.05, 4.69) is 24.4 Å². The molecule has 0 bridgehead atoms. The highest BCUT2D eigenvalue weighted by atomic mass is 16.1. The zero-order valence-corrected chi connectivity index (χ0v) is 12.3. The van der Waals surface area contributed by atoms with E-state index in [1.807, 2.05) is 56.3 Å². The SMILES string of the molecule is Cc1ccc(C(=O)C(C)NC(C)c2ccccc2)cc1. The Kier molecular flexibility index (Phi) is 4.70. The fourth-order valence-corrected chi connectivity index (χ4v) is 2.26. The van der Waals surface area contributed by atoms with E-state index in [4.69, 9.17) is 0 Å². The molecule has 20 heavy (non-hydrogen) atoms. The van der Waals surface area contributed by atoms with E-state index in [9.17, 15) is 4.79 Å². The van der Waals surface area contributed by atoms with Crippen LogP contribution in [0.3, 0.4) is 0 Å². The molecular formula is C18H21NO. The molecule has 0 heterocycles. The molecule has 2 heteroatoms. The molecule has 2 unspecified atom stereocenters. The lowest BCUT2D eigenvalue weighted by atomic mass is 10.0. The first kappa shape index (κ1) is 14.5. The number of hydrogen-bond donors (Lipinski definition) is 1. The second-order valence-electron chi connectivity index (χ2n) is 5.25. The van der Waals surface area contributed by atoms with Crippen molar-refractivity contribution in [3.05, 3.63) is 71.3 Å². The van der Waals surface area contributed by atoms with Gasteiger partial charge in [0.1, 0.15) is 0 Å². The Morgan fingerprint density at radius 2 is 1.55 bits per heavy atom. The Balaban J connectivity index is 2.02. The average molecular weight is 267 g/mol. The highest BCUT2D eigenvalue weighted by Crippen LogP contribution is 2.14. The van der Waals surface area contributed by atoms with E-state index in [1.165, 1.54) is 11.1 Å². The number of carbonyl (C=O) groups is 1. The van der Waals surface area contributed by atoms with Gasteiger partial charge in [0.2, 0.25) is 0 Å². The van der Waals surface area contributed by atoms with Crippen molar-refractivity contribution < 1.29 is 4.79 Å². The number of Topliss-reactive ketones (excluding diaryl/α,β-unsaturated/α-hetero) is 1. The molecule has 1 N–H and O–H groups in total. The predicted octanol–water partition coefficient (Wildman–Crippen LogP) is 3.92. The van der Waals surface area contributed by atoms with E-state index in [-0.39, 0.29) is 17.9 Å². The van der Waals surface area contributed by atoms with Crippen molar-refractivity contribution in [3.63, 3.8) is 0 Å². The van der Waals surface area contributed by atoms with Gasteiger partial charge < -0.3 is 5.32 Å². The molecule has 0 saturated carbocycles. The zero-order valence-electron chi connectivity index (χ0n) is 12.3. The first-order chi connectivity index (χ1) is 9.58. The highest BCUT2D eigenvalue weighted by molar-refractivity contribution is 5.99. The van der Waals surface area contributed by atoms with Gasteiger partial charge >= 0.3 is 0 Å². The predicted molar refractivity (Wildman–Crippen MR) is 83.0 cm³/mol. The molecule has 0 aliphatic heterocycles. The Hall–Kier alpha value is -1.93. The minimum atomic E-state index is -0.201. The fraction of sp³-hybridized carbons (Fsp3) is 0.278. The van der Waals surface area contributed by atoms with Gasteiger partial charge in [0.05, 0.1) is 6.04 Å². The minimum Gasteiger partial charge on any atom is -0.301 e. The number of aryl methyl sites for hydroxylation is 1. The van der Waals surface area contributed by atoms with Crippen molar-refractivity contribution >= 4 is 5.78 Å². The van der Waals surface area contributed by atoms with Gasteiger partial charge in [0.25, 0.3) is 0 Å². The van der Waals surface area contributed by atoms with E-state index < -0.39 is 0 Å². The molecule has 0 radical (unpaired) electrons. The maximum absolute atomic E-state index is 12.4. The minimum absolute atomic E-state index is 0.132. The second kappa shape index (κ2) is 6.49. The molecule has 0 spiro atoms. The van der Waals surface area contributed by atoms with Crippen molar-refractivity contribution in [3.8, 4) is 0 Å². The summed E-state index contributed by atoms with van der Waals surface area (Å²) in [7, 11) is 0. The molecule has 2 nitrogen and oxygen atoms in total. The lowest BCUT2D eigenvalue weighted by molar-refractivity contribution is 0.0945. The summed E-state index contributed by atoms with van der Waals surface area (Å²) in [5, 5.41) is 3.36. The smallest absolute Gasteiger partial charge is 0.179 e. The van der Waals surface area contributed by atoms with Crippen LogP contribution in [-0.4, -0.2) is 11.8 Å². The largest absolute Gasteiger partial charge is 0.301 e. The highest BCUT2D eigenvalue weighted by Gasteiger charge is 2.17. The van der Waals surface area contributed by atoms with Gasteiger partial charge in [-0.1, -0.05) is 60.2 Å². The number of ketones is 1. The second-order valence-corrected chi connectivity index (χ2v) is 5.25. The zero-order chi connectivity index (χ0) is 14.5. The van der Waals surface area contributed by atoms with Gasteiger partial charge in [0, 0.05) is 11.6 Å². The molecule has 0 amide bonds. The summed E-state index contributed by atoms with van der Waals surface area (Å²) < 4.78 is 0. The normalized spacial score (nSPS) is 13.8. The number of carbonyl (C=O) groups excluding carboxylic acids is 1. The maximum Gasteiger partial charge on any atom is 0.179 e. The van der Waals surface area contributed by atoms with Crippen LogP contribution in [0.4, 0.5) is 0 Å². The van der Waals surface area contributed by atoms with Gasteiger partial charge in [-0.2, -0.15) is 0 Å². The first-order valence-electron chi connectivity index (χ1n) is 7.00. The molecule has 0 aliphatic rings. The van der Waals surface area contributed by atoms with Crippen LogP contribution in [0.2, 0.25) is 0 Å². The molecular weight excluding hydrogens is 246 g/mol. The van der Waals surface area contributed by atoms with Crippen LogP contribution < -0.4 is 5.32 Å². The summed E-state index contributed by atoms with van der Waals surface area (Å²) >= 11 is 0. The van der Waals surface area contributed by atoms with Crippen LogP contribution in [-0.2, 0) is 0 Å². The Labute approximate surface area is 120 Å². The molecule has 2 rings (SSSR count). The standard InChI is InChI=1S/C18H21NO/c1-13-9-11-17(12-10-13)18(20)15(3)19-14(2)16-7-5-4-6-8-16/h4-12,14-15,19H,1-3H3. The number of benzene rings is 2. The summed E-state index contributed by atoms with van der Waals surface area (Å²) in [4.78, 5) is 12.4. The Morgan fingerprint density at radius 3 is 2.15 bits per heavy atom. The molecule has 2 atom stereocenters. The fourth-order valence-electron chi connectivity index (χ4n) is 2.26. The van der Waals surface area contributed by atoms with Crippen molar-refractivity contribution in [1.82, 2.24) is 5.32 Å². The van der Waals surface area contributed by atoms with Crippen molar-refractivity contribution in [1.29, 1.82) is 0 Å². The molecule has 0 aliphatic carbocycles. The van der Waals surface area contributed by atoms with Gasteiger partial charge in [-0.25, -0.2) is 0 Å². The average Bonchev–Trinajstić information content (AvgIpc) is 2.48. The molecule has 0 saturated heterocycles. The Morgan fingerprint density at radius 1 is 0.950 bits per heavy atom. The monoisotopic (exact) mass is 267 g/mol. The number of hydrogen-bond acceptors (Lipinski definition) is 2. The van der Waals surface area contributed by atoms with Gasteiger partial charge in [0.15, 0.2) is 5.78 Å². The number of rotatable bonds is 5. The molecule has 0 fully saturated rings. The van der Waals surface area contributed by atoms with E-state index >= 15 is 0 Å². The lowest BCUT2D eigenvalue weighted by Crippen LogP contribution is -2.35. The summed E-state index contributed by atoms with van der Waals surface area (Å²) in [5.74, 6) is 0.132. The van der Waals surface area contributed by atoms with E-state index in [1.54, 1.807) is 0 Å². The van der Waals surface area contributed by atoms with Crippen LogP contribution in [0.15, 0.2) is 54.6 Å². The van der Waals surface area contributed by atoms with Gasteiger partial charge in [-0.05, 0) is 26.3 Å². The van der Waals surface area contributed by atoms with E-state index in [0.717, 1.165) is 5.56 Å². The molecule has 2 aromatic rings. The molecule has 0 aromatic heterocycles. The molecule has 104 valence electrons. The van der Waals surface area contributed by atoms with E-state index in [0.29, 0.717) is 0 Å². The summed E-state index contributed by atoms with van der Waals surface area (Å²) in [5.41, 5.74) is 3.12. The van der Waals surface area contributed by atoms with Crippen LogP contribution in [0, 0.1) is 6.92 Å². The van der Waals surface area contributed by atoms with Crippen LogP contribution >= 0.6 is 0 Å². The quantitative estimate of drug-likeness (QED) is 0.832. The number of nitrogens with one attached hydrogen (secondary N) is 1. The van der Waals surface area contributed by atoms with Crippen LogP contribution in [0.5, 0.6) is 0 Å². The first-order valence-corrected chi connectivity index (χ1v) is 7.00. The van der Waals surface area contributed by atoms with Crippen LogP contribution in [0.25, 0.3) is 0 Å². The third kappa shape index (κ3) is 3.55. The van der Waals surface area contributed by atoms with Crippen molar-refractivity contribution in [2.45, 2.75) is 32.9 Å². The lowest BCUT2D eigenvalue weighted by Gasteiger charge is -2.19. The van der Waals surface area contributed by atoms with Gasteiger partial charge in [-0.3, -0.25) is 4.79 Å². The third-order valence-corrected chi connectivity index (χ3v) is 3.53. The molecule has 2 aromatic carbocycles. The van der Waals surface area contributed by atoms with Gasteiger partial charge in [-0.15, -0.1) is 0 Å². The summed E-state index contributed by atoms with van der Waals surface area (Å²) in [6.45, 7) is 6.02. The Bertz CT molecular complexity index is 560. The summed E-state index contributed by atoms with van der Waals surface area (Å²) in [6, 6.07) is 17.8. The van der Waals surface area contributed by atoms with Crippen LogP contribution in [0.1, 0.15) is 41.4 Å². The third-order valence-electron chi connectivity index (χ3n) is 3.53. The topological polar surface area (TPSA) is 29.1 Å². The summed E-state index contributed by atoms with van der Waals surface area (Å²) in [6.07, 6.45) is 0.